The zero-order valence-corrected chi connectivity index (χ0v) is 21.9. The molecule has 0 bridgehead atoms. The van der Waals surface area contributed by atoms with E-state index in [2.05, 4.69) is 89.7 Å². The summed E-state index contributed by atoms with van der Waals surface area (Å²) in [6, 6.07) is 21.5. The number of aryl methyl sites for hydroxylation is 2. The van der Waals surface area contributed by atoms with Gasteiger partial charge in [-0.15, -0.1) is 0 Å². The first-order chi connectivity index (χ1) is 17.6. The summed E-state index contributed by atoms with van der Waals surface area (Å²) in [5.74, 6) is 0.308. The topological polar surface area (TPSA) is 47.6 Å². The molecule has 0 saturated carbocycles. The summed E-state index contributed by atoms with van der Waals surface area (Å²) in [4.78, 5) is 11.8. The Bertz CT molecular complexity index is 1140. The smallest absolute Gasteiger partial charge is 0.337 e. The number of methoxy groups -OCH3 is 1. The van der Waals surface area contributed by atoms with Gasteiger partial charge >= 0.3 is 5.97 Å². The fourth-order valence-electron chi connectivity index (χ4n) is 4.42. The second-order valence-corrected chi connectivity index (χ2v) is 10.1. The first kappa shape index (κ1) is 26.1. The molecule has 0 amide bonds. The van der Waals surface area contributed by atoms with Crippen LogP contribution in [0.5, 0.6) is 0 Å². The number of hydrogen-bond donors (Lipinski definition) is 1. The highest BCUT2D eigenvalue weighted by Gasteiger charge is 2.21. The number of esters is 1. The minimum atomic E-state index is -0.278. The molecule has 2 unspecified atom stereocenters. The molecule has 0 aliphatic heterocycles. The molecule has 1 aromatic heterocycles. The van der Waals surface area contributed by atoms with Crippen LogP contribution in [-0.2, 0) is 33.7 Å². The van der Waals surface area contributed by atoms with Crippen molar-refractivity contribution in [1.29, 1.82) is 0 Å². The van der Waals surface area contributed by atoms with Crippen LogP contribution >= 0.6 is 11.3 Å². The van der Waals surface area contributed by atoms with Gasteiger partial charge in [-0.1, -0.05) is 79.7 Å². The molecule has 5 heteroatoms. The number of nitrogens with one attached hydrogen (secondary N) is 1. The van der Waals surface area contributed by atoms with Gasteiger partial charge in [-0.2, -0.15) is 11.3 Å². The third-order valence-electron chi connectivity index (χ3n) is 6.71. The molecule has 1 aliphatic rings. The van der Waals surface area contributed by atoms with Crippen LogP contribution < -0.4 is 5.32 Å². The van der Waals surface area contributed by atoms with Crippen molar-refractivity contribution in [2.75, 3.05) is 20.2 Å². The number of thiophene rings is 1. The minimum Gasteiger partial charge on any atom is -0.465 e. The number of hydrogen-bond acceptors (Lipinski definition) is 5. The lowest BCUT2D eigenvalue weighted by Gasteiger charge is -2.24. The van der Waals surface area contributed by atoms with Crippen molar-refractivity contribution in [2.24, 2.45) is 11.8 Å². The van der Waals surface area contributed by atoms with Crippen molar-refractivity contribution in [3.8, 4) is 0 Å². The Hall–Kier alpha value is -2.99. The summed E-state index contributed by atoms with van der Waals surface area (Å²) in [6.07, 6.45) is 8.04. The Morgan fingerprint density at radius 2 is 1.72 bits per heavy atom. The van der Waals surface area contributed by atoms with Gasteiger partial charge in [0, 0.05) is 13.1 Å². The van der Waals surface area contributed by atoms with Gasteiger partial charge in [-0.25, -0.2) is 4.79 Å². The fraction of sp³-hybridized carbons (Fsp3) is 0.323. The lowest BCUT2D eigenvalue weighted by Crippen LogP contribution is -2.31. The molecular weight excluding hydrogens is 466 g/mol. The van der Waals surface area contributed by atoms with E-state index in [1.54, 1.807) is 11.3 Å². The summed E-state index contributed by atoms with van der Waals surface area (Å²) in [5, 5.41) is 7.85. The lowest BCUT2D eigenvalue weighted by atomic mass is 9.87. The van der Waals surface area contributed by atoms with E-state index in [0.29, 0.717) is 18.1 Å². The molecule has 0 spiro atoms. The van der Waals surface area contributed by atoms with Crippen molar-refractivity contribution in [2.45, 2.75) is 32.5 Å². The van der Waals surface area contributed by atoms with E-state index in [-0.39, 0.29) is 18.0 Å². The molecule has 0 fully saturated rings. The van der Waals surface area contributed by atoms with E-state index in [4.69, 9.17) is 9.47 Å². The Balaban J connectivity index is 1.26. The Labute approximate surface area is 218 Å². The van der Waals surface area contributed by atoms with Gasteiger partial charge in [-0.3, -0.25) is 0 Å². The predicted octanol–water partition coefficient (Wildman–Crippen LogP) is 6.30. The highest BCUT2D eigenvalue weighted by Crippen LogP contribution is 2.25. The molecule has 0 radical (unpaired) electrons. The van der Waals surface area contributed by atoms with Crippen LogP contribution in [0.25, 0.3) is 0 Å². The Morgan fingerprint density at radius 3 is 2.39 bits per heavy atom. The summed E-state index contributed by atoms with van der Waals surface area (Å²) in [7, 11) is 1.42. The van der Waals surface area contributed by atoms with E-state index in [1.165, 1.54) is 29.4 Å². The quantitative estimate of drug-likeness (QED) is 0.296. The van der Waals surface area contributed by atoms with Crippen molar-refractivity contribution >= 4 is 17.3 Å². The van der Waals surface area contributed by atoms with Gasteiger partial charge < -0.3 is 14.8 Å². The highest BCUT2D eigenvalue weighted by atomic mass is 32.1. The van der Waals surface area contributed by atoms with E-state index in [9.17, 15) is 4.79 Å². The van der Waals surface area contributed by atoms with Crippen LogP contribution in [0, 0.1) is 11.8 Å². The molecule has 3 atom stereocenters. The monoisotopic (exact) mass is 501 g/mol. The predicted molar refractivity (Wildman–Crippen MR) is 147 cm³/mol. The fourth-order valence-corrected chi connectivity index (χ4v) is 5.12. The van der Waals surface area contributed by atoms with E-state index in [1.807, 2.05) is 12.2 Å². The van der Waals surface area contributed by atoms with Crippen molar-refractivity contribution in [3.63, 3.8) is 0 Å². The third kappa shape index (κ3) is 7.50. The van der Waals surface area contributed by atoms with Gasteiger partial charge in [0.05, 0.1) is 25.4 Å². The minimum absolute atomic E-state index is 0.0157. The molecule has 1 heterocycles. The zero-order valence-electron chi connectivity index (χ0n) is 21.1. The summed E-state index contributed by atoms with van der Waals surface area (Å²) in [5.41, 5.74) is 5.73. The molecule has 0 saturated heterocycles. The first-order valence-corrected chi connectivity index (χ1v) is 13.5. The van der Waals surface area contributed by atoms with E-state index >= 15 is 0 Å². The second kappa shape index (κ2) is 13.4. The van der Waals surface area contributed by atoms with Crippen LogP contribution in [0.3, 0.4) is 0 Å². The summed E-state index contributed by atoms with van der Waals surface area (Å²) in [6.45, 7) is 4.26. The van der Waals surface area contributed by atoms with Gasteiger partial charge in [-0.05, 0) is 63.8 Å². The molecule has 4 nitrogen and oxygen atoms in total. The van der Waals surface area contributed by atoms with Gasteiger partial charge in [0.15, 0.2) is 0 Å². The maximum Gasteiger partial charge on any atom is 0.337 e. The molecule has 2 aromatic carbocycles. The molecule has 3 aromatic rings. The van der Waals surface area contributed by atoms with Crippen molar-refractivity contribution in [3.05, 3.63) is 117 Å². The summed E-state index contributed by atoms with van der Waals surface area (Å²) >= 11 is 1.69. The normalized spacial score (nSPS) is 18.0. The molecule has 4 rings (SSSR count). The number of carbonyl (C=O) groups excluding carboxylic acids is 1. The Morgan fingerprint density at radius 1 is 1.00 bits per heavy atom. The molecular formula is C31H35NO3S. The van der Waals surface area contributed by atoms with Crippen LogP contribution in [0.4, 0.5) is 0 Å². The van der Waals surface area contributed by atoms with Crippen LogP contribution in [-0.4, -0.2) is 26.2 Å². The number of benzene rings is 2. The molecule has 36 heavy (non-hydrogen) atoms. The maximum atomic E-state index is 11.8. The van der Waals surface area contributed by atoms with E-state index < -0.39 is 0 Å². The number of allylic oxidation sites excluding steroid dienone is 1. The molecule has 188 valence electrons. The second-order valence-electron chi connectivity index (χ2n) is 9.31. The lowest BCUT2D eigenvalue weighted by molar-refractivity contribution is -0.135. The zero-order chi connectivity index (χ0) is 25.2. The maximum absolute atomic E-state index is 11.8. The van der Waals surface area contributed by atoms with Crippen LogP contribution in [0.1, 0.15) is 35.3 Å². The first-order valence-electron chi connectivity index (χ1n) is 12.6. The van der Waals surface area contributed by atoms with Gasteiger partial charge in [0.25, 0.3) is 0 Å². The Kier molecular flexibility index (Phi) is 9.68. The number of ether oxygens (including phenoxy) is 2. The number of carbonyl (C=O) groups is 1. The number of rotatable bonds is 12. The third-order valence-corrected chi connectivity index (χ3v) is 7.41. The average Bonchev–Trinajstić information content (AvgIpc) is 3.46. The van der Waals surface area contributed by atoms with Crippen molar-refractivity contribution in [1.82, 2.24) is 5.32 Å². The molecule has 1 aliphatic carbocycles. The van der Waals surface area contributed by atoms with Gasteiger partial charge in [0.1, 0.15) is 0 Å². The standard InChI is InChI=1S/C31H35NO3S/c1-23-18-27(31(33)34-2)14-15-28(23)19-32-20-30(29-16-17-36-22-29)35-21-26-12-10-25(11-13-26)9-8-24-6-4-3-5-7-24/h3-7,10-18,22-23,28,30,32H,8-9,19-21H2,1-2H3/t23-,28?,30?/m1/s1. The summed E-state index contributed by atoms with van der Waals surface area (Å²) < 4.78 is 11.2. The van der Waals surface area contributed by atoms with Gasteiger partial charge in [0.2, 0.25) is 0 Å². The van der Waals surface area contributed by atoms with Crippen LogP contribution in [0.2, 0.25) is 0 Å². The SMILES string of the molecule is COC(=O)C1=C[C@@H](C)C(CNCC(OCc2ccc(CCc3ccccc3)cc2)c2ccsc2)C=C1. The van der Waals surface area contributed by atoms with E-state index in [0.717, 1.165) is 25.9 Å². The average molecular weight is 502 g/mol. The van der Waals surface area contributed by atoms with Crippen molar-refractivity contribution < 1.29 is 14.3 Å². The highest BCUT2D eigenvalue weighted by molar-refractivity contribution is 7.07. The molecule has 1 N–H and O–H groups in total. The largest absolute Gasteiger partial charge is 0.465 e. The van der Waals surface area contributed by atoms with Crippen LogP contribution in [0.15, 0.2) is 95.2 Å².